The van der Waals surface area contributed by atoms with Crippen LogP contribution >= 0.6 is 0 Å². The van der Waals surface area contributed by atoms with Crippen LogP contribution in [0.4, 0.5) is 0 Å². The van der Waals surface area contributed by atoms with Crippen molar-refractivity contribution in [1.29, 1.82) is 0 Å². The molecule has 0 aromatic carbocycles. The average Bonchev–Trinajstić information content (AvgIpc) is 2.66. The van der Waals surface area contributed by atoms with E-state index in [4.69, 9.17) is 0 Å². The van der Waals surface area contributed by atoms with Crippen LogP contribution in [0.1, 0.15) is 34.1 Å². The number of likely N-dealkylation sites (N-methyl/N-ethyl adjacent to an activating group) is 1. The minimum Gasteiger partial charge on any atom is -0.480 e. The average molecular weight is 242 g/mol. The highest BCUT2D eigenvalue weighted by Gasteiger charge is 2.45. The highest BCUT2D eigenvalue weighted by molar-refractivity contribution is 5.89. The molecule has 1 saturated heterocycles. The Morgan fingerprint density at radius 3 is 2.41 bits per heavy atom. The molecule has 1 atom stereocenters. The number of carbonyl (C=O) groups excluding carboxylic acids is 1. The summed E-state index contributed by atoms with van der Waals surface area (Å²) in [4.78, 5) is 25.2. The summed E-state index contributed by atoms with van der Waals surface area (Å²) in [5, 5.41) is 12.4. The van der Waals surface area contributed by atoms with Crippen molar-refractivity contribution < 1.29 is 14.7 Å². The van der Waals surface area contributed by atoms with Crippen LogP contribution in [-0.4, -0.2) is 47.1 Å². The summed E-state index contributed by atoms with van der Waals surface area (Å²) < 4.78 is 0. The second-order valence-electron chi connectivity index (χ2n) is 5.40. The minimum atomic E-state index is -1.16. The van der Waals surface area contributed by atoms with Crippen LogP contribution in [0, 0.1) is 5.41 Å². The second kappa shape index (κ2) is 4.64. The van der Waals surface area contributed by atoms with Crippen LogP contribution in [0.2, 0.25) is 0 Å². The van der Waals surface area contributed by atoms with Gasteiger partial charge in [0.1, 0.15) is 5.54 Å². The van der Waals surface area contributed by atoms with Gasteiger partial charge in [-0.1, -0.05) is 0 Å². The number of aliphatic carboxylic acids is 1. The molecule has 98 valence electrons. The Bertz CT molecular complexity index is 320. The zero-order valence-corrected chi connectivity index (χ0v) is 11.0. The van der Waals surface area contributed by atoms with E-state index < -0.39 is 16.9 Å². The van der Waals surface area contributed by atoms with Gasteiger partial charge in [-0.2, -0.15) is 0 Å². The lowest BCUT2D eigenvalue weighted by Gasteiger charge is -2.39. The predicted octanol–water partition coefficient (Wildman–Crippen LogP) is 0.698. The van der Waals surface area contributed by atoms with Gasteiger partial charge in [0, 0.05) is 13.1 Å². The number of carboxylic acids is 1. The number of rotatable bonds is 4. The molecule has 5 nitrogen and oxygen atoms in total. The first kappa shape index (κ1) is 14.0. The van der Waals surface area contributed by atoms with Crippen LogP contribution in [0.25, 0.3) is 0 Å². The highest BCUT2D eigenvalue weighted by atomic mass is 16.4. The van der Waals surface area contributed by atoms with Gasteiger partial charge in [0.25, 0.3) is 0 Å². The first-order valence-electron chi connectivity index (χ1n) is 6.02. The van der Waals surface area contributed by atoms with E-state index in [2.05, 4.69) is 5.32 Å². The molecule has 1 rings (SSSR count). The van der Waals surface area contributed by atoms with Crippen LogP contribution in [0.15, 0.2) is 0 Å². The quantitative estimate of drug-likeness (QED) is 0.761. The van der Waals surface area contributed by atoms with E-state index in [0.29, 0.717) is 13.1 Å². The van der Waals surface area contributed by atoms with Gasteiger partial charge in [0.15, 0.2) is 0 Å². The first-order chi connectivity index (χ1) is 7.75. The van der Waals surface area contributed by atoms with Crippen molar-refractivity contribution in [2.24, 2.45) is 5.41 Å². The molecule has 1 fully saturated rings. The van der Waals surface area contributed by atoms with E-state index in [9.17, 15) is 14.7 Å². The molecule has 0 aromatic rings. The lowest BCUT2D eigenvalue weighted by Crippen LogP contribution is -2.57. The molecule has 1 amide bonds. The Morgan fingerprint density at radius 1 is 1.47 bits per heavy atom. The number of carbonyl (C=O) groups is 2. The molecule has 0 radical (unpaired) electrons. The fraction of sp³-hybridized carbons (Fsp3) is 0.833. The van der Waals surface area contributed by atoms with E-state index in [-0.39, 0.29) is 5.91 Å². The monoisotopic (exact) mass is 242 g/mol. The molecule has 1 aliphatic rings. The van der Waals surface area contributed by atoms with Crippen molar-refractivity contribution in [3.8, 4) is 0 Å². The van der Waals surface area contributed by atoms with Gasteiger partial charge in [-0.3, -0.25) is 4.79 Å². The molecule has 0 aromatic heterocycles. The topological polar surface area (TPSA) is 69.6 Å². The molecule has 0 aliphatic carbocycles. The third-order valence-corrected chi connectivity index (χ3v) is 3.64. The van der Waals surface area contributed by atoms with Gasteiger partial charge >= 0.3 is 5.97 Å². The van der Waals surface area contributed by atoms with Crippen LogP contribution in [-0.2, 0) is 9.59 Å². The molecule has 5 heteroatoms. The fourth-order valence-electron chi connectivity index (χ4n) is 2.23. The fourth-order valence-corrected chi connectivity index (χ4v) is 2.23. The van der Waals surface area contributed by atoms with E-state index in [1.54, 1.807) is 13.8 Å². The van der Waals surface area contributed by atoms with Gasteiger partial charge in [-0.15, -0.1) is 0 Å². The molecular weight excluding hydrogens is 220 g/mol. The predicted molar refractivity (Wildman–Crippen MR) is 64.7 cm³/mol. The molecule has 1 aliphatic heterocycles. The van der Waals surface area contributed by atoms with E-state index in [1.807, 2.05) is 13.8 Å². The third kappa shape index (κ3) is 2.44. The largest absolute Gasteiger partial charge is 0.480 e. The summed E-state index contributed by atoms with van der Waals surface area (Å²) in [5.41, 5.74) is -1.62. The number of nitrogens with one attached hydrogen (secondary N) is 1. The molecule has 0 bridgehead atoms. The third-order valence-electron chi connectivity index (χ3n) is 3.64. The van der Waals surface area contributed by atoms with E-state index in [0.717, 1.165) is 13.0 Å². The van der Waals surface area contributed by atoms with E-state index in [1.165, 1.54) is 4.90 Å². The van der Waals surface area contributed by atoms with Crippen molar-refractivity contribution in [3.63, 3.8) is 0 Å². The van der Waals surface area contributed by atoms with Gasteiger partial charge < -0.3 is 15.3 Å². The van der Waals surface area contributed by atoms with Crippen molar-refractivity contribution in [2.45, 2.75) is 39.7 Å². The number of amides is 1. The smallest absolute Gasteiger partial charge is 0.329 e. The summed E-state index contributed by atoms with van der Waals surface area (Å²) in [6.45, 7) is 8.70. The molecular formula is C12H22N2O3. The van der Waals surface area contributed by atoms with Crippen molar-refractivity contribution in [3.05, 3.63) is 0 Å². The maximum Gasteiger partial charge on any atom is 0.329 e. The number of hydrogen-bond donors (Lipinski definition) is 2. The summed E-state index contributed by atoms with van der Waals surface area (Å²) in [6.07, 6.45) is 0.762. The Balaban J connectivity index is 2.95. The standard InChI is InChI=1S/C12H22N2O3/c1-5-14(11(2,3)10(16)17)9(15)12(4)6-7-13-8-12/h13H,5-8H2,1-4H3,(H,16,17). The zero-order chi connectivity index (χ0) is 13.3. The summed E-state index contributed by atoms with van der Waals surface area (Å²) >= 11 is 0. The van der Waals surface area contributed by atoms with Gasteiger partial charge in [-0.25, -0.2) is 4.79 Å². The number of hydrogen-bond acceptors (Lipinski definition) is 3. The normalized spacial score (nSPS) is 24.7. The summed E-state index contributed by atoms with van der Waals surface area (Å²) in [5.74, 6) is -1.04. The van der Waals surface area contributed by atoms with Crippen LogP contribution in [0.5, 0.6) is 0 Å². The van der Waals surface area contributed by atoms with Gasteiger partial charge in [0.05, 0.1) is 5.41 Å². The zero-order valence-electron chi connectivity index (χ0n) is 11.0. The summed E-state index contributed by atoms with van der Waals surface area (Å²) in [6, 6.07) is 0. The number of nitrogens with zero attached hydrogens (tertiary/aromatic N) is 1. The Morgan fingerprint density at radius 2 is 2.06 bits per heavy atom. The van der Waals surface area contributed by atoms with Crippen LogP contribution in [0.3, 0.4) is 0 Å². The highest BCUT2D eigenvalue weighted by Crippen LogP contribution is 2.30. The van der Waals surface area contributed by atoms with Crippen LogP contribution < -0.4 is 5.32 Å². The Hall–Kier alpha value is -1.10. The SMILES string of the molecule is CCN(C(=O)C1(C)CCNC1)C(C)(C)C(=O)O. The molecule has 0 spiro atoms. The molecule has 1 heterocycles. The Kier molecular flexibility index (Phi) is 3.81. The molecule has 17 heavy (non-hydrogen) atoms. The van der Waals surface area contributed by atoms with Crippen molar-refractivity contribution in [1.82, 2.24) is 10.2 Å². The maximum atomic E-state index is 12.5. The van der Waals surface area contributed by atoms with Crippen molar-refractivity contribution >= 4 is 11.9 Å². The lowest BCUT2D eigenvalue weighted by molar-refractivity contribution is -0.160. The van der Waals surface area contributed by atoms with Gasteiger partial charge in [-0.05, 0) is 40.7 Å². The number of carboxylic acid groups (broad SMARTS) is 1. The maximum absolute atomic E-state index is 12.5. The lowest BCUT2D eigenvalue weighted by atomic mass is 9.86. The molecule has 0 saturated carbocycles. The Labute approximate surface area is 102 Å². The first-order valence-corrected chi connectivity index (χ1v) is 6.02. The van der Waals surface area contributed by atoms with Crippen molar-refractivity contribution in [2.75, 3.05) is 19.6 Å². The van der Waals surface area contributed by atoms with E-state index >= 15 is 0 Å². The minimum absolute atomic E-state index is 0.0719. The molecule has 2 N–H and O–H groups in total. The second-order valence-corrected chi connectivity index (χ2v) is 5.40. The summed E-state index contributed by atoms with van der Waals surface area (Å²) in [7, 11) is 0. The molecule has 1 unspecified atom stereocenters. The van der Waals surface area contributed by atoms with Gasteiger partial charge in [0.2, 0.25) is 5.91 Å².